The van der Waals surface area contributed by atoms with Gasteiger partial charge in [0.15, 0.2) is 0 Å². The molecule has 0 aliphatic carbocycles. The monoisotopic (exact) mass is 166 g/mol. The number of allylic oxidation sites excluding steroid dienone is 3. The van der Waals surface area contributed by atoms with Crippen molar-refractivity contribution in [2.24, 2.45) is 0 Å². The minimum absolute atomic E-state index is 0.705. The van der Waals surface area contributed by atoms with E-state index in [0.29, 0.717) is 5.57 Å². The van der Waals surface area contributed by atoms with Crippen LogP contribution in [0.25, 0.3) is 0 Å². The van der Waals surface area contributed by atoms with Gasteiger partial charge in [-0.05, 0) is 12.2 Å². The third kappa shape index (κ3) is 1.05. The van der Waals surface area contributed by atoms with Crippen molar-refractivity contribution < 1.29 is 4.79 Å². The molecular weight excluding hydrogens is 160 g/mol. The lowest BCUT2D eigenvalue weighted by atomic mass is 10.2. The van der Waals surface area contributed by atoms with Gasteiger partial charge in [0, 0.05) is 18.0 Å². The average Bonchev–Trinajstić information content (AvgIpc) is 2.50. The summed E-state index contributed by atoms with van der Waals surface area (Å²) in [5.41, 5.74) is 1.72. The lowest BCUT2D eigenvalue weighted by molar-refractivity contribution is -0.104. The van der Waals surface area contributed by atoms with Crippen LogP contribution < -0.4 is 4.72 Å². The first-order valence-corrected chi connectivity index (χ1v) is 3.94. The SMILES string of the molecule is O=CC1=CC2=CNSN2C=C1. The van der Waals surface area contributed by atoms with E-state index < -0.39 is 0 Å². The van der Waals surface area contributed by atoms with E-state index in [0.717, 1.165) is 12.0 Å². The van der Waals surface area contributed by atoms with Crippen LogP contribution in [0.3, 0.4) is 0 Å². The number of carbonyl (C=O) groups is 1. The normalized spacial score (nSPS) is 20.2. The molecule has 2 aliphatic heterocycles. The van der Waals surface area contributed by atoms with Crippen LogP contribution in [0, 0.1) is 0 Å². The highest BCUT2D eigenvalue weighted by atomic mass is 32.2. The second kappa shape index (κ2) is 2.47. The fourth-order valence-corrected chi connectivity index (χ4v) is 1.55. The Bertz CT molecular complexity index is 280. The van der Waals surface area contributed by atoms with E-state index in [9.17, 15) is 4.79 Å². The van der Waals surface area contributed by atoms with E-state index in [1.165, 1.54) is 12.1 Å². The molecule has 56 valence electrons. The summed E-state index contributed by atoms with van der Waals surface area (Å²) in [6, 6.07) is 0. The molecule has 11 heavy (non-hydrogen) atoms. The van der Waals surface area contributed by atoms with Gasteiger partial charge in [-0.25, -0.2) is 0 Å². The zero-order chi connectivity index (χ0) is 7.68. The quantitative estimate of drug-likeness (QED) is 0.464. The predicted octanol–water partition coefficient (Wildman–Crippen LogP) is 0.949. The lowest BCUT2D eigenvalue weighted by Gasteiger charge is -2.14. The Labute approximate surface area is 68.7 Å². The van der Waals surface area contributed by atoms with Crippen molar-refractivity contribution in [1.82, 2.24) is 9.03 Å². The number of nitrogens with one attached hydrogen (secondary N) is 1. The van der Waals surface area contributed by atoms with Crippen molar-refractivity contribution in [2.75, 3.05) is 0 Å². The Morgan fingerprint density at radius 1 is 1.64 bits per heavy atom. The van der Waals surface area contributed by atoms with E-state index >= 15 is 0 Å². The van der Waals surface area contributed by atoms with E-state index in [1.807, 2.05) is 22.8 Å². The largest absolute Gasteiger partial charge is 0.316 e. The summed E-state index contributed by atoms with van der Waals surface area (Å²) >= 11 is 1.48. The first kappa shape index (κ1) is 6.54. The smallest absolute Gasteiger partial charge is 0.150 e. The molecule has 2 aliphatic rings. The van der Waals surface area contributed by atoms with Crippen LogP contribution in [0.5, 0.6) is 0 Å². The second-order valence-electron chi connectivity index (χ2n) is 2.18. The highest BCUT2D eigenvalue weighted by Crippen LogP contribution is 2.26. The molecule has 4 heteroatoms. The zero-order valence-corrected chi connectivity index (χ0v) is 6.47. The molecular formula is C7H6N2OS. The molecule has 0 saturated carbocycles. The number of carbonyl (C=O) groups excluding carboxylic acids is 1. The Balaban J connectivity index is 2.32. The molecule has 0 aromatic heterocycles. The molecule has 0 radical (unpaired) electrons. The van der Waals surface area contributed by atoms with E-state index in [4.69, 9.17) is 0 Å². The lowest BCUT2D eigenvalue weighted by Crippen LogP contribution is -2.06. The van der Waals surface area contributed by atoms with Gasteiger partial charge in [-0.15, -0.1) is 0 Å². The first-order chi connectivity index (χ1) is 5.40. The maximum atomic E-state index is 10.4. The Morgan fingerprint density at radius 2 is 2.55 bits per heavy atom. The Kier molecular flexibility index (Phi) is 1.47. The van der Waals surface area contributed by atoms with Gasteiger partial charge in [-0.1, -0.05) is 0 Å². The van der Waals surface area contributed by atoms with Gasteiger partial charge in [-0.3, -0.25) is 9.10 Å². The molecule has 0 aromatic carbocycles. The molecule has 0 unspecified atom stereocenters. The molecule has 2 rings (SSSR count). The van der Waals surface area contributed by atoms with E-state index in [1.54, 1.807) is 6.08 Å². The number of hydrogen-bond donors (Lipinski definition) is 1. The zero-order valence-electron chi connectivity index (χ0n) is 5.65. The summed E-state index contributed by atoms with van der Waals surface area (Å²) in [6.07, 6.45) is 8.18. The van der Waals surface area contributed by atoms with Crippen LogP contribution in [-0.2, 0) is 4.79 Å². The van der Waals surface area contributed by atoms with E-state index in [-0.39, 0.29) is 0 Å². The van der Waals surface area contributed by atoms with Crippen molar-refractivity contribution in [3.63, 3.8) is 0 Å². The summed E-state index contributed by atoms with van der Waals surface area (Å²) in [5, 5.41) is 0. The van der Waals surface area contributed by atoms with Crippen LogP contribution in [0.2, 0.25) is 0 Å². The molecule has 0 atom stereocenters. The molecule has 2 heterocycles. The van der Waals surface area contributed by atoms with Crippen LogP contribution >= 0.6 is 12.1 Å². The third-order valence-corrected chi connectivity index (χ3v) is 2.22. The molecule has 0 fully saturated rings. The van der Waals surface area contributed by atoms with E-state index in [2.05, 4.69) is 4.72 Å². The fraction of sp³-hybridized carbons (Fsp3) is 0. The second-order valence-corrected chi connectivity index (χ2v) is 2.99. The van der Waals surface area contributed by atoms with Crippen molar-refractivity contribution >= 4 is 18.4 Å². The molecule has 0 amide bonds. The van der Waals surface area contributed by atoms with Crippen LogP contribution in [0.1, 0.15) is 0 Å². The average molecular weight is 166 g/mol. The van der Waals surface area contributed by atoms with Crippen molar-refractivity contribution in [3.8, 4) is 0 Å². The van der Waals surface area contributed by atoms with Gasteiger partial charge < -0.3 is 4.72 Å². The molecule has 0 spiro atoms. The number of fused-ring (bicyclic) bond motifs is 1. The highest BCUT2D eigenvalue weighted by molar-refractivity contribution is 7.95. The van der Waals surface area contributed by atoms with Crippen LogP contribution in [0.15, 0.2) is 35.8 Å². The summed E-state index contributed by atoms with van der Waals surface area (Å²) in [5.74, 6) is 0. The fourth-order valence-electron chi connectivity index (χ4n) is 0.928. The Hall–Kier alpha value is -1.16. The summed E-state index contributed by atoms with van der Waals surface area (Å²) < 4.78 is 4.93. The molecule has 0 bridgehead atoms. The Morgan fingerprint density at radius 3 is 3.36 bits per heavy atom. The minimum Gasteiger partial charge on any atom is -0.316 e. The van der Waals surface area contributed by atoms with Gasteiger partial charge >= 0.3 is 0 Å². The topological polar surface area (TPSA) is 32.3 Å². The van der Waals surface area contributed by atoms with Crippen molar-refractivity contribution in [1.29, 1.82) is 0 Å². The molecule has 1 N–H and O–H groups in total. The van der Waals surface area contributed by atoms with Gasteiger partial charge in [-0.2, -0.15) is 0 Å². The van der Waals surface area contributed by atoms with Crippen LogP contribution in [-0.4, -0.2) is 10.6 Å². The molecule has 3 nitrogen and oxygen atoms in total. The van der Waals surface area contributed by atoms with Gasteiger partial charge in [0.1, 0.15) is 6.29 Å². The third-order valence-electron chi connectivity index (χ3n) is 1.47. The predicted molar refractivity (Wildman–Crippen MR) is 43.9 cm³/mol. The van der Waals surface area contributed by atoms with Crippen LogP contribution in [0.4, 0.5) is 0 Å². The first-order valence-electron chi connectivity index (χ1n) is 3.17. The summed E-state index contributed by atoms with van der Waals surface area (Å²) in [4.78, 5) is 10.4. The van der Waals surface area contributed by atoms with Gasteiger partial charge in [0.25, 0.3) is 0 Å². The van der Waals surface area contributed by atoms with Crippen molar-refractivity contribution in [2.45, 2.75) is 0 Å². The molecule has 0 aromatic rings. The maximum absolute atomic E-state index is 10.4. The number of rotatable bonds is 1. The maximum Gasteiger partial charge on any atom is 0.150 e. The number of hydrogen-bond acceptors (Lipinski definition) is 4. The molecule has 0 saturated heterocycles. The van der Waals surface area contributed by atoms with Gasteiger partial charge in [0.05, 0.1) is 17.8 Å². The van der Waals surface area contributed by atoms with Crippen molar-refractivity contribution in [3.05, 3.63) is 35.8 Å². The summed E-state index contributed by atoms with van der Waals surface area (Å²) in [7, 11) is 0. The highest BCUT2D eigenvalue weighted by Gasteiger charge is 2.14. The van der Waals surface area contributed by atoms with Gasteiger partial charge in [0.2, 0.25) is 0 Å². The number of nitrogens with zero attached hydrogens (tertiary/aromatic N) is 1. The number of aldehydes is 1. The minimum atomic E-state index is 0.705. The standard InChI is InChI=1S/C7H6N2OS/c10-5-6-1-2-9-7(3-6)4-8-11-9/h1-5,8H. The summed E-state index contributed by atoms with van der Waals surface area (Å²) in [6.45, 7) is 0.